The Hall–Kier alpha value is -1.95. The Kier molecular flexibility index (Phi) is 4.17. The number of aryl methyl sites for hydroxylation is 1. The first kappa shape index (κ1) is 13.1. The molecule has 92 valence electrons. The summed E-state index contributed by atoms with van der Waals surface area (Å²) in [6.45, 7) is 1.81. The number of nitrogens with two attached hydrogens (primary N) is 1. The average molecular weight is 238 g/mol. The number of hydrogen-bond acceptors (Lipinski definition) is 5. The first-order valence-electron chi connectivity index (χ1n) is 5.03. The summed E-state index contributed by atoms with van der Waals surface area (Å²) in [6, 6.07) is 3.68. The van der Waals surface area contributed by atoms with Crippen molar-refractivity contribution < 1.29 is 14.5 Å². The minimum absolute atomic E-state index is 0.0114. The van der Waals surface area contributed by atoms with Crippen LogP contribution in [0.25, 0.3) is 0 Å². The molecule has 6 nitrogen and oxygen atoms in total. The van der Waals surface area contributed by atoms with Crippen molar-refractivity contribution in [2.75, 3.05) is 7.11 Å². The topological polar surface area (TPSA) is 95.5 Å². The highest BCUT2D eigenvalue weighted by molar-refractivity contribution is 5.75. The van der Waals surface area contributed by atoms with Crippen molar-refractivity contribution >= 4 is 11.7 Å². The van der Waals surface area contributed by atoms with Gasteiger partial charge in [0.1, 0.15) is 6.04 Å². The van der Waals surface area contributed by atoms with Gasteiger partial charge in [0.15, 0.2) is 0 Å². The first-order valence-corrected chi connectivity index (χ1v) is 5.03. The average Bonchev–Trinajstić information content (AvgIpc) is 2.30. The smallest absolute Gasteiger partial charge is 0.322 e. The van der Waals surface area contributed by atoms with Crippen LogP contribution in [0.1, 0.15) is 11.1 Å². The molecule has 6 heteroatoms. The molecule has 0 fully saturated rings. The van der Waals surface area contributed by atoms with E-state index in [1.165, 1.54) is 19.2 Å². The van der Waals surface area contributed by atoms with E-state index in [-0.39, 0.29) is 12.1 Å². The highest BCUT2D eigenvalue weighted by Crippen LogP contribution is 2.18. The molecule has 0 bridgehead atoms. The summed E-state index contributed by atoms with van der Waals surface area (Å²) in [5.74, 6) is -0.532. The number of benzene rings is 1. The fourth-order valence-electron chi connectivity index (χ4n) is 1.46. The number of rotatable bonds is 4. The van der Waals surface area contributed by atoms with Gasteiger partial charge in [0.25, 0.3) is 5.69 Å². The summed E-state index contributed by atoms with van der Waals surface area (Å²) >= 11 is 0. The van der Waals surface area contributed by atoms with E-state index in [1.807, 2.05) is 6.92 Å². The van der Waals surface area contributed by atoms with Gasteiger partial charge in [-0.25, -0.2) is 0 Å². The third-order valence-electron chi connectivity index (χ3n) is 2.49. The van der Waals surface area contributed by atoms with E-state index in [9.17, 15) is 14.9 Å². The molecule has 1 rings (SSSR count). The number of non-ortho nitro benzene ring substituents is 1. The van der Waals surface area contributed by atoms with Gasteiger partial charge in [0.05, 0.1) is 12.0 Å². The van der Waals surface area contributed by atoms with Crippen LogP contribution in [0.3, 0.4) is 0 Å². The Labute approximate surface area is 98.5 Å². The van der Waals surface area contributed by atoms with Gasteiger partial charge in [-0.05, 0) is 24.5 Å². The van der Waals surface area contributed by atoms with Crippen LogP contribution in [0.4, 0.5) is 5.69 Å². The maximum absolute atomic E-state index is 11.2. The van der Waals surface area contributed by atoms with Crippen LogP contribution in [0, 0.1) is 17.0 Å². The van der Waals surface area contributed by atoms with Gasteiger partial charge in [0, 0.05) is 12.1 Å². The van der Waals surface area contributed by atoms with Gasteiger partial charge in [0.2, 0.25) is 0 Å². The van der Waals surface area contributed by atoms with Crippen LogP contribution in [0.5, 0.6) is 0 Å². The molecule has 1 aromatic rings. The van der Waals surface area contributed by atoms with Crippen molar-refractivity contribution in [2.45, 2.75) is 19.4 Å². The Morgan fingerprint density at radius 3 is 2.76 bits per heavy atom. The normalized spacial score (nSPS) is 11.9. The second-order valence-corrected chi connectivity index (χ2v) is 3.70. The lowest BCUT2D eigenvalue weighted by Crippen LogP contribution is -2.33. The molecule has 2 N–H and O–H groups in total. The molecule has 17 heavy (non-hydrogen) atoms. The Morgan fingerprint density at radius 1 is 1.59 bits per heavy atom. The number of nitro groups is 1. The van der Waals surface area contributed by atoms with Crippen molar-refractivity contribution in [2.24, 2.45) is 5.73 Å². The fourth-order valence-corrected chi connectivity index (χ4v) is 1.46. The van der Waals surface area contributed by atoms with Gasteiger partial charge < -0.3 is 10.5 Å². The lowest BCUT2D eigenvalue weighted by Gasteiger charge is -2.11. The molecule has 0 saturated heterocycles. The molecule has 0 spiro atoms. The second kappa shape index (κ2) is 5.40. The number of methoxy groups -OCH3 is 1. The summed E-state index contributed by atoms with van der Waals surface area (Å²) in [5.41, 5.74) is 7.13. The van der Waals surface area contributed by atoms with Gasteiger partial charge in [-0.1, -0.05) is 6.07 Å². The van der Waals surface area contributed by atoms with Crippen LogP contribution < -0.4 is 5.73 Å². The minimum Gasteiger partial charge on any atom is -0.468 e. The van der Waals surface area contributed by atoms with Crippen molar-refractivity contribution in [3.8, 4) is 0 Å². The third kappa shape index (κ3) is 3.25. The van der Waals surface area contributed by atoms with Gasteiger partial charge in [-0.2, -0.15) is 0 Å². The van der Waals surface area contributed by atoms with Crippen molar-refractivity contribution in [3.63, 3.8) is 0 Å². The number of carbonyl (C=O) groups is 1. The summed E-state index contributed by atoms with van der Waals surface area (Å²) in [4.78, 5) is 21.3. The SMILES string of the molecule is COC(=O)[C@@H](N)Cc1cc([N+](=O)[O-])ccc1C. The van der Waals surface area contributed by atoms with Gasteiger partial charge >= 0.3 is 5.97 Å². The predicted molar refractivity (Wildman–Crippen MR) is 61.5 cm³/mol. The quantitative estimate of drug-likeness (QED) is 0.478. The monoisotopic (exact) mass is 238 g/mol. The van der Waals surface area contributed by atoms with E-state index in [0.717, 1.165) is 5.56 Å². The van der Waals surface area contributed by atoms with Crippen LogP contribution >= 0.6 is 0 Å². The van der Waals surface area contributed by atoms with Crippen molar-refractivity contribution in [1.82, 2.24) is 0 Å². The number of esters is 1. The maximum atomic E-state index is 11.2. The zero-order valence-electron chi connectivity index (χ0n) is 9.67. The zero-order valence-corrected chi connectivity index (χ0v) is 9.67. The van der Waals surface area contributed by atoms with Crippen LogP contribution in [-0.4, -0.2) is 24.0 Å². The highest BCUT2D eigenvalue weighted by atomic mass is 16.6. The minimum atomic E-state index is -0.805. The standard InChI is InChI=1S/C11H14N2O4/c1-7-3-4-9(13(15)16)5-8(7)6-10(12)11(14)17-2/h3-5,10H,6,12H2,1-2H3/t10-/m0/s1. The van der Waals surface area contributed by atoms with Gasteiger partial charge in [-0.3, -0.25) is 14.9 Å². The zero-order chi connectivity index (χ0) is 13.0. The molecule has 1 atom stereocenters. The van der Waals surface area contributed by atoms with E-state index in [1.54, 1.807) is 6.07 Å². The Bertz CT molecular complexity index is 445. The molecule has 0 aliphatic heterocycles. The summed E-state index contributed by atoms with van der Waals surface area (Å²) < 4.78 is 4.50. The van der Waals surface area contributed by atoms with E-state index < -0.39 is 16.9 Å². The van der Waals surface area contributed by atoms with Crippen LogP contribution in [0.2, 0.25) is 0 Å². The van der Waals surface area contributed by atoms with E-state index in [0.29, 0.717) is 5.56 Å². The van der Waals surface area contributed by atoms with E-state index >= 15 is 0 Å². The number of ether oxygens (including phenoxy) is 1. The lowest BCUT2D eigenvalue weighted by atomic mass is 10.0. The number of nitrogens with zero attached hydrogens (tertiary/aromatic N) is 1. The summed E-state index contributed by atoms with van der Waals surface area (Å²) in [6.07, 6.45) is 0.222. The molecule has 0 amide bonds. The largest absolute Gasteiger partial charge is 0.468 e. The molecule has 0 aromatic heterocycles. The first-order chi connectivity index (χ1) is 7.95. The molecular weight excluding hydrogens is 224 g/mol. The maximum Gasteiger partial charge on any atom is 0.322 e. The van der Waals surface area contributed by atoms with Crippen molar-refractivity contribution in [1.29, 1.82) is 0 Å². The fraction of sp³-hybridized carbons (Fsp3) is 0.364. The van der Waals surface area contributed by atoms with Crippen LogP contribution in [0.15, 0.2) is 18.2 Å². The summed E-state index contributed by atoms with van der Waals surface area (Å²) in [5, 5.41) is 10.6. The molecule has 1 aromatic carbocycles. The van der Waals surface area contributed by atoms with Crippen LogP contribution in [-0.2, 0) is 16.0 Å². The molecular formula is C11H14N2O4. The molecule has 0 radical (unpaired) electrons. The molecule has 0 saturated carbocycles. The summed E-state index contributed by atoms with van der Waals surface area (Å²) in [7, 11) is 1.25. The highest BCUT2D eigenvalue weighted by Gasteiger charge is 2.17. The third-order valence-corrected chi connectivity index (χ3v) is 2.49. The molecule has 0 aliphatic rings. The molecule has 0 unspecified atom stereocenters. The predicted octanol–water partition coefficient (Wildman–Crippen LogP) is 0.946. The number of nitro benzene ring substituents is 1. The lowest BCUT2D eigenvalue weighted by molar-refractivity contribution is -0.384. The Balaban J connectivity index is 2.93. The Morgan fingerprint density at radius 2 is 2.24 bits per heavy atom. The number of hydrogen-bond donors (Lipinski definition) is 1. The van der Waals surface area contributed by atoms with E-state index in [2.05, 4.69) is 4.74 Å². The van der Waals surface area contributed by atoms with Crippen molar-refractivity contribution in [3.05, 3.63) is 39.4 Å². The molecule has 0 aliphatic carbocycles. The molecule has 0 heterocycles. The van der Waals surface area contributed by atoms with E-state index in [4.69, 9.17) is 5.73 Å². The number of carbonyl (C=O) groups excluding carboxylic acids is 1. The second-order valence-electron chi connectivity index (χ2n) is 3.70. The van der Waals surface area contributed by atoms with Gasteiger partial charge in [-0.15, -0.1) is 0 Å².